The van der Waals surface area contributed by atoms with Crippen molar-refractivity contribution in [2.24, 2.45) is 7.05 Å². The molecule has 0 aliphatic rings. The third-order valence-corrected chi connectivity index (χ3v) is 5.03. The molecule has 0 radical (unpaired) electrons. The lowest BCUT2D eigenvalue weighted by Gasteiger charge is -2.05. The Morgan fingerprint density at radius 2 is 1.96 bits per heavy atom. The molecule has 4 rings (SSSR count). The molecule has 1 aromatic carbocycles. The molecule has 0 unspecified atom stereocenters. The number of nitrogens with one attached hydrogen (secondary N) is 1. The summed E-state index contributed by atoms with van der Waals surface area (Å²) < 4.78 is 34.1. The molecular formula is C18H13F2N5O2S. The summed E-state index contributed by atoms with van der Waals surface area (Å²) in [7, 11) is 1.75. The lowest BCUT2D eigenvalue weighted by Crippen LogP contribution is -2.12. The summed E-state index contributed by atoms with van der Waals surface area (Å²) in [5, 5.41) is 10.5. The number of aryl methyl sites for hydroxylation is 2. The number of hydrogen-bond acceptors (Lipinski definition) is 6. The number of carbonyl (C=O) groups is 1. The van der Waals surface area contributed by atoms with Crippen LogP contribution >= 0.6 is 11.3 Å². The van der Waals surface area contributed by atoms with Crippen LogP contribution in [0.1, 0.15) is 15.6 Å². The molecule has 4 aromatic rings. The van der Waals surface area contributed by atoms with Crippen LogP contribution in [0.5, 0.6) is 0 Å². The van der Waals surface area contributed by atoms with Crippen LogP contribution in [-0.4, -0.2) is 25.8 Å². The van der Waals surface area contributed by atoms with Crippen LogP contribution in [0, 0.1) is 18.6 Å². The fraction of sp³-hybridized carbons (Fsp3) is 0.111. The molecule has 142 valence electrons. The Balaban J connectivity index is 1.59. The van der Waals surface area contributed by atoms with Gasteiger partial charge in [-0.2, -0.15) is 10.1 Å². The molecule has 0 aliphatic heterocycles. The molecule has 0 atom stereocenters. The van der Waals surface area contributed by atoms with Crippen LogP contribution in [0.2, 0.25) is 0 Å². The first kappa shape index (κ1) is 18.0. The number of aromatic nitrogens is 4. The molecule has 3 aromatic heterocycles. The molecule has 0 aliphatic carbocycles. The first-order valence-corrected chi connectivity index (χ1v) is 8.94. The van der Waals surface area contributed by atoms with Gasteiger partial charge < -0.3 is 9.84 Å². The van der Waals surface area contributed by atoms with E-state index in [1.807, 2.05) is 0 Å². The van der Waals surface area contributed by atoms with Crippen molar-refractivity contribution in [3.63, 3.8) is 0 Å². The number of hydrogen-bond donors (Lipinski definition) is 1. The van der Waals surface area contributed by atoms with Crippen molar-refractivity contribution in [1.82, 2.24) is 19.9 Å². The van der Waals surface area contributed by atoms with Gasteiger partial charge in [-0.15, -0.1) is 11.3 Å². The van der Waals surface area contributed by atoms with Crippen LogP contribution in [-0.2, 0) is 7.05 Å². The highest BCUT2D eigenvalue weighted by atomic mass is 32.1. The normalized spacial score (nSPS) is 11.0. The van der Waals surface area contributed by atoms with Crippen LogP contribution in [0.3, 0.4) is 0 Å². The molecule has 0 spiro atoms. The number of nitrogens with zero attached hydrogens (tertiary/aromatic N) is 4. The van der Waals surface area contributed by atoms with Crippen LogP contribution in [0.25, 0.3) is 22.1 Å². The predicted octanol–water partition coefficient (Wildman–Crippen LogP) is 4.04. The van der Waals surface area contributed by atoms with E-state index in [1.165, 1.54) is 17.4 Å². The van der Waals surface area contributed by atoms with Crippen LogP contribution in [0.15, 0.2) is 40.9 Å². The van der Waals surface area contributed by atoms with Gasteiger partial charge >= 0.3 is 0 Å². The number of para-hydroxylation sites is 1. The minimum atomic E-state index is -0.836. The molecule has 10 heteroatoms. The fourth-order valence-corrected chi connectivity index (χ4v) is 3.55. The van der Waals surface area contributed by atoms with E-state index in [-0.39, 0.29) is 0 Å². The Labute approximate surface area is 161 Å². The molecule has 3 heterocycles. The zero-order valence-electron chi connectivity index (χ0n) is 14.7. The van der Waals surface area contributed by atoms with Crippen molar-refractivity contribution < 1.29 is 18.1 Å². The number of halogens is 2. The fourth-order valence-electron chi connectivity index (χ4n) is 2.60. The molecule has 1 N–H and O–H groups in total. The molecule has 0 saturated carbocycles. The summed E-state index contributed by atoms with van der Waals surface area (Å²) in [4.78, 5) is 17.6. The number of anilines is 1. The van der Waals surface area contributed by atoms with Crippen molar-refractivity contribution in [3.8, 4) is 22.1 Å². The van der Waals surface area contributed by atoms with Gasteiger partial charge in [0.25, 0.3) is 5.91 Å². The molecule has 0 fully saturated rings. The van der Waals surface area contributed by atoms with Gasteiger partial charge in [0.1, 0.15) is 23.0 Å². The van der Waals surface area contributed by atoms with E-state index in [1.54, 1.807) is 36.9 Å². The van der Waals surface area contributed by atoms with Crippen molar-refractivity contribution in [2.75, 3.05) is 5.32 Å². The van der Waals surface area contributed by atoms with E-state index in [0.29, 0.717) is 22.3 Å². The number of amides is 1. The minimum Gasteiger partial charge on any atom is -0.339 e. The Morgan fingerprint density at radius 3 is 2.64 bits per heavy atom. The molecule has 0 saturated heterocycles. The van der Waals surface area contributed by atoms with Gasteiger partial charge in [0, 0.05) is 14.0 Å². The molecule has 1 amide bonds. The summed E-state index contributed by atoms with van der Waals surface area (Å²) in [5.41, 5.74) is 0.790. The van der Waals surface area contributed by atoms with Crippen molar-refractivity contribution >= 4 is 22.9 Å². The Morgan fingerprint density at radius 1 is 1.21 bits per heavy atom. The molecular weight excluding hydrogens is 388 g/mol. The Hall–Kier alpha value is -3.40. The van der Waals surface area contributed by atoms with E-state index in [0.717, 1.165) is 22.7 Å². The summed E-state index contributed by atoms with van der Waals surface area (Å²) >= 11 is 1.17. The summed E-state index contributed by atoms with van der Waals surface area (Å²) in [6.45, 7) is 1.68. The smallest absolute Gasteiger partial charge is 0.265 e. The number of carbonyl (C=O) groups excluding carboxylic acids is 1. The van der Waals surface area contributed by atoms with Gasteiger partial charge in [0.05, 0.1) is 15.4 Å². The number of benzene rings is 1. The monoisotopic (exact) mass is 401 g/mol. The summed E-state index contributed by atoms with van der Waals surface area (Å²) in [6, 6.07) is 8.48. The quantitative estimate of drug-likeness (QED) is 0.558. The standard InChI is InChI=1S/C18H13F2N5O2S/c1-9-21-17(24-27-9)12-8-13(25(2)23-12)14-6-7-15(28-14)18(26)22-16-10(19)4-3-5-11(16)20/h3-8H,1-2H3,(H,22,26). The van der Waals surface area contributed by atoms with E-state index in [4.69, 9.17) is 4.52 Å². The van der Waals surface area contributed by atoms with Crippen molar-refractivity contribution in [2.45, 2.75) is 6.92 Å². The molecule has 7 nitrogen and oxygen atoms in total. The van der Waals surface area contributed by atoms with Gasteiger partial charge in [-0.25, -0.2) is 8.78 Å². The topological polar surface area (TPSA) is 85.8 Å². The summed E-state index contributed by atoms with van der Waals surface area (Å²) in [5.74, 6) is -1.48. The molecule has 0 bridgehead atoms. The second-order valence-electron chi connectivity index (χ2n) is 5.89. The van der Waals surface area contributed by atoms with E-state index in [9.17, 15) is 13.6 Å². The number of thiophene rings is 1. The predicted molar refractivity (Wildman–Crippen MR) is 98.9 cm³/mol. The van der Waals surface area contributed by atoms with Crippen LogP contribution in [0.4, 0.5) is 14.5 Å². The molecule has 28 heavy (non-hydrogen) atoms. The second-order valence-corrected chi connectivity index (χ2v) is 6.97. The van der Waals surface area contributed by atoms with Crippen molar-refractivity contribution in [1.29, 1.82) is 0 Å². The highest BCUT2D eigenvalue weighted by molar-refractivity contribution is 7.17. The first-order valence-electron chi connectivity index (χ1n) is 8.12. The third-order valence-electron chi connectivity index (χ3n) is 3.92. The lowest BCUT2D eigenvalue weighted by atomic mass is 10.2. The average molecular weight is 401 g/mol. The summed E-state index contributed by atoms with van der Waals surface area (Å²) in [6.07, 6.45) is 0. The maximum Gasteiger partial charge on any atom is 0.265 e. The highest BCUT2D eigenvalue weighted by Gasteiger charge is 2.18. The van der Waals surface area contributed by atoms with E-state index >= 15 is 0 Å². The van der Waals surface area contributed by atoms with Gasteiger partial charge in [-0.3, -0.25) is 9.48 Å². The SMILES string of the molecule is Cc1nc(-c2cc(-c3ccc(C(=O)Nc4c(F)cccc4F)s3)n(C)n2)no1. The van der Waals surface area contributed by atoms with Gasteiger partial charge in [-0.1, -0.05) is 11.2 Å². The maximum absolute atomic E-state index is 13.7. The minimum absolute atomic E-state index is 0.302. The lowest BCUT2D eigenvalue weighted by molar-refractivity contribution is 0.102. The average Bonchev–Trinajstić information content (AvgIpc) is 3.37. The van der Waals surface area contributed by atoms with E-state index in [2.05, 4.69) is 20.6 Å². The second kappa shape index (κ2) is 6.97. The van der Waals surface area contributed by atoms with E-state index < -0.39 is 23.2 Å². The largest absolute Gasteiger partial charge is 0.339 e. The Bertz CT molecular complexity index is 1160. The third kappa shape index (κ3) is 3.29. The Kier molecular flexibility index (Phi) is 4.47. The maximum atomic E-state index is 13.7. The van der Waals surface area contributed by atoms with Gasteiger partial charge in [0.2, 0.25) is 11.7 Å². The zero-order valence-corrected chi connectivity index (χ0v) is 15.6. The highest BCUT2D eigenvalue weighted by Crippen LogP contribution is 2.31. The van der Waals surface area contributed by atoms with Gasteiger partial charge in [0.15, 0.2) is 0 Å². The zero-order chi connectivity index (χ0) is 19.8. The first-order chi connectivity index (χ1) is 13.4. The van der Waals surface area contributed by atoms with Crippen molar-refractivity contribution in [3.05, 3.63) is 58.8 Å². The van der Waals surface area contributed by atoms with Gasteiger partial charge in [-0.05, 0) is 30.3 Å². The van der Waals surface area contributed by atoms with Crippen LogP contribution < -0.4 is 5.32 Å². The number of rotatable bonds is 4.